The average molecular weight is 355 g/mol. The number of morpholine rings is 1. The van der Waals surface area contributed by atoms with Gasteiger partial charge in [-0.25, -0.2) is 0 Å². The minimum absolute atomic E-state index is 0.0283. The van der Waals surface area contributed by atoms with E-state index in [0.29, 0.717) is 39.2 Å². The molecule has 0 spiro atoms. The molecule has 2 atom stereocenters. The van der Waals surface area contributed by atoms with Crippen LogP contribution in [-0.2, 0) is 19.1 Å². The summed E-state index contributed by atoms with van der Waals surface area (Å²) in [5, 5.41) is 8.85. The van der Waals surface area contributed by atoms with Crippen LogP contribution in [0.2, 0.25) is 0 Å². The van der Waals surface area contributed by atoms with E-state index in [9.17, 15) is 14.4 Å². The first kappa shape index (κ1) is 19.7. The molecule has 2 aliphatic rings. The van der Waals surface area contributed by atoms with E-state index in [4.69, 9.17) is 9.84 Å². The molecule has 2 rings (SSSR count). The fourth-order valence-corrected chi connectivity index (χ4v) is 3.60. The maximum Gasteiger partial charge on any atom is 0.317 e. The molecule has 2 amide bonds. The smallest absolute Gasteiger partial charge is 0.317 e. The number of carboxylic acid groups (broad SMARTS) is 1. The molecule has 0 aromatic heterocycles. The summed E-state index contributed by atoms with van der Waals surface area (Å²) in [5.74, 6) is -0.818. The number of nitrogens with zero attached hydrogens (tertiary/aromatic N) is 3. The lowest BCUT2D eigenvalue weighted by Gasteiger charge is -2.39. The normalized spacial score (nSPS) is 22.8. The molecule has 8 nitrogen and oxygen atoms in total. The fraction of sp³-hybridized carbons (Fsp3) is 0.824. The van der Waals surface area contributed by atoms with Gasteiger partial charge in [0, 0.05) is 32.6 Å². The zero-order valence-corrected chi connectivity index (χ0v) is 15.3. The zero-order chi connectivity index (χ0) is 18.6. The third-order valence-electron chi connectivity index (χ3n) is 4.70. The number of hydrogen-bond acceptors (Lipinski definition) is 5. The topological polar surface area (TPSA) is 90.4 Å². The summed E-state index contributed by atoms with van der Waals surface area (Å²) < 4.78 is 5.69. The number of rotatable bonds is 7. The molecule has 2 saturated heterocycles. The van der Waals surface area contributed by atoms with Crippen molar-refractivity contribution in [3.05, 3.63) is 0 Å². The molecule has 0 aliphatic carbocycles. The zero-order valence-electron chi connectivity index (χ0n) is 15.3. The lowest BCUT2D eigenvalue weighted by Crippen LogP contribution is -2.57. The Morgan fingerprint density at radius 1 is 1.36 bits per heavy atom. The molecule has 2 heterocycles. The quantitative estimate of drug-likeness (QED) is 0.685. The molecule has 0 saturated carbocycles. The standard InChI is InChI=1S/C17H29N3O5/c1-12(2)16(20-6-4-5-14(20)21)17(24)19-7-8-25-13(10-19)9-18(3)11-15(22)23/h12-13,16H,4-11H2,1-3H3,(H,22,23). The highest BCUT2D eigenvalue weighted by molar-refractivity contribution is 5.89. The van der Waals surface area contributed by atoms with Gasteiger partial charge in [-0.3, -0.25) is 19.3 Å². The molecule has 0 aromatic carbocycles. The van der Waals surface area contributed by atoms with Gasteiger partial charge in [-0.2, -0.15) is 0 Å². The number of aliphatic carboxylic acids is 1. The van der Waals surface area contributed by atoms with Gasteiger partial charge in [0.1, 0.15) is 6.04 Å². The first-order valence-electron chi connectivity index (χ1n) is 8.89. The highest BCUT2D eigenvalue weighted by Gasteiger charge is 2.38. The third-order valence-corrected chi connectivity index (χ3v) is 4.70. The van der Waals surface area contributed by atoms with Crippen molar-refractivity contribution in [2.45, 2.75) is 38.8 Å². The van der Waals surface area contributed by atoms with Gasteiger partial charge in [0.25, 0.3) is 0 Å². The fourth-order valence-electron chi connectivity index (χ4n) is 3.60. The van der Waals surface area contributed by atoms with Crippen LogP contribution in [0.3, 0.4) is 0 Å². The Labute approximate surface area is 148 Å². The Hall–Kier alpha value is -1.67. The first-order chi connectivity index (χ1) is 11.8. The molecular weight excluding hydrogens is 326 g/mol. The number of hydrogen-bond donors (Lipinski definition) is 1. The van der Waals surface area contributed by atoms with Crippen LogP contribution < -0.4 is 0 Å². The van der Waals surface area contributed by atoms with Crippen molar-refractivity contribution in [2.75, 3.05) is 46.4 Å². The molecule has 0 aromatic rings. The minimum Gasteiger partial charge on any atom is -0.480 e. The van der Waals surface area contributed by atoms with Crippen LogP contribution in [0.4, 0.5) is 0 Å². The number of likely N-dealkylation sites (N-methyl/N-ethyl adjacent to an activating group) is 1. The lowest BCUT2D eigenvalue weighted by molar-refractivity contribution is -0.151. The molecule has 2 aliphatic heterocycles. The van der Waals surface area contributed by atoms with E-state index in [1.807, 2.05) is 13.8 Å². The highest BCUT2D eigenvalue weighted by Crippen LogP contribution is 2.22. The van der Waals surface area contributed by atoms with Crippen molar-refractivity contribution in [1.29, 1.82) is 0 Å². The van der Waals surface area contributed by atoms with Gasteiger partial charge in [-0.1, -0.05) is 13.8 Å². The van der Waals surface area contributed by atoms with Crippen LogP contribution in [0.25, 0.3) is 0 Å². The van der Waals surface area contributed by atoms with Crippen molar-refractivity contribution in [3.8, 4) is 0 Å². The van der Waals surface area contributed by atoms with Crippen LogP contribution in [0, 0.1) is 5.92 Å². The van der Waals surface area contributed by atoms with E-state index in [1.165, 1.54) is 0 Å². The van der Waals surface area contributed by atoms with Crippen LogP contribution in [0.1, 0.15) is 26.7 Å². The van der Waals surface area contributed by atoms with Gasteiger partial charge in [-0.05, 0) is 19.4 Å². The predicted octanol–water partition coefficient (Wildman–Crippen LogP) is -0.123. The summed E-state index contributed by atoms with van der Waals surface area (Å²) in [6.45, 7) is 6.31. The van der Waals surface area contributed by atoms with Gasteiger partial charge >= 0.3 is 5.97 Å². The first-order valence-corrected chi connectivity index (χ1v) is 8.89. The average Bonchev–Trinajstić information content (AvgIpc) is 2.92. The summed E-state index contributed by atoms with van der Waals surface area (Å²) in [4.78, 5) is 41.1. The van der Waals surface area contributed by atoms with E-state index in [1.54, 1.807) is 21.7 Å². The van der Waals surface area contributed by atoms with Gasteiger partial charge in [0.15, 0.2) is 0 Å². The monoisotopic (exact) mass is 355 g/mol. The molecular formula is C17H29N3O5. The minimum atomic E-state index is -0.890. The molecule has 142 valence electrons. The molecule has 2 fully saturated rings. The van der Waals surface area contributed by atoms with Crippen molar-refractivity contribution in [1.82, 2.24) is 14.7 Å². The number of carbonyl (C=O) groups excluding carboxylic acids is 2. The van der Waals surface area contributed by atoms with Crippen molar-refractivity contribution < 1.29 is 24.2 Å². The van der Waals surface area contributed by atoms with Gasteiger partial charge in [-0.15, -0.1) is 0 Å². The molecule has 1 N–H and O–H groups in total. The van der Waals surface area contributed by atoms with Gasteiger partial charge < -0.3 is 19.6 Å². The molecule has 2 unspecified atom stereocenters. The second-order valence-corrected chi connectivity index (χ2v) is 7.25. The van der Waals surface area contributed by atoms with Crippen LogP contribution in [0.15, 0.2) is 0 Å². The van der Waals surface area contributed by atoms with E-state index in [0.717, 1.165) is 6.42 Å². The van der Waals surface area contributed by atoms with Gasteiger partial charge in [0.05, 0.1) is 19.3 Å². The van der Waals surface area contributed by atoms with Crippen molar-refractivity contribution >= 4 is 17.8 Å². The summed E-state index contributed by atoms with van der Waals surface area (Å²) in [6.07, 6.45) is 1.10. The van der Waals surface area contributed by atoms with E-state index < -0.39 is 12.0 Å². The number of likely N-dealkylation sites (tertiary alicyclic amines) is 1. The maximum atomic E-state index is 13.1. The lowest BCUT2D eigenvalue weighted by atomic mass is 10.0. The third kappa shape index (κ3) is 5.15. The largest absolute Gasteiger partial charge is 0.480 e. The summed E-state index contributed by atoms with van der Waals surface area (Å²) in [7, 11) is 1.72. The number of amides is 2. The Morgan fingerprint density at radius 2 is 2.08 bits per heavy atom. The van der Waals surface area contributed by atoms with E-state index in [2.05, 4.69) is 0 Å². The molecule has 25 heavy (non-hydrogen) atoms. The summed E-state index contributed by atoms with van der Waals surface area (Å²) in [5.41, 5.74) is 0. The second-order valence-electron chi connectivity index (χ2n) is 7.25. The number of ether oxygens (including phenoxy) is 1. The molecule has 0 radical (unpaired) electrons. The maximum absolute atomic E-state index is 13.1. The summed E-state index contributed by atoms with van der Waals surface area (Å²) >= 11 is 0. The Balaban J connectivity index is 1.99. The number of carbonyl (C=O) groups is 3. The Bertz CT molecular complexity index is 511. The molecule has 8 heteroatoms. The number of carboxylic acids is 1. The Kier molecular flexibility index (Phi) is 6.78. The van der Waals surface area contributed by atoms with Gasteiger partial charge in [0.2, 0.25) is 11.8 Å². The van der Waals surface area contributed by atoms with Crippen molar-refractivity contribution in [2.24, 2.45) is 5.92 Å². The van der Waals surface area contributed by atoms with E-state index in [-0.39, 0.29) is 30.4 Å². The van der Waals surface area contributed by atoms with Crippen LogP contribution in [0.5, 0.6) is 0 Å². The highest BCUT2D eigenvalue weighted by atomic mass is 16.5. The second kappa shape index (κ2) is 8.62. The molecule has 0 bridgehead atoms. The SMILES string of the molecule is CC(C)C(C(=O)N1CCOC(CN(C)CC(=O)O)C1)N1CCCC1=O. The van der Waals surface area contributed by atoms with Crippen molar-refractivity contribution in [3.63, 3.8) is 0 Å². The van der Waals surface area contributed by atoms with Crippen LogP contribution >= 0.6 is 0 Å². The van der Waals surface area contributed by atoms with Crippen LogP contribution in [-0.4, -0.2) is 96.1 Å². The Morgan fingerprint density at radius 3 is 2.64 bits per heavy atom. The predicted molar refractivity (Wildman–Crippen MR) is 91.0 cm³/mol. The van der Waals surface area contributed by atoms with E-state index >= 15 is 0 Å². The summed E-state index contributed by atoms with van der Waals surface area (Å²) in [6, 6.07) is -0.425.